The molecule has 31 heavy (non-hydrogen) atoms. The molecule has 3 amide bonds. The molecule has 1 aliphatic rings. The predicted octanol–water partition coefficient (Wildman–Crippen LogP) is 4.61. The van der Waals surface area contributed by atoms with E-state index in [-0.39, 0.29) is 18.0 Å². The number of hydrogen-bond acceptors (Lipinski definition) is 3. The summed E-state index contributed by atoms with van der Waals surface area (Å²) in [5.74, 6) is 0.668. The Morgan fingerprint density at radius 3 is 2.61 bits per heavy atom. The van der Waals surface area contributed by atoms with E-state index in [2.05, 4.69) is 17.6 Å². The smallest absolute Gasteiger partial charge is 0.319 e. The number of carbonyl (C=O) groups is 2. The van der Waals surface area contributed by atoms with Crippen LogP contribution in [0.25, 0.3) is 0 Å². The average Bonchev–Trinajstić information content (AvgIpc) is 3.12. The van der Waals surface area contributed by atoms with Crippen LogP contribution in [0.5, 0.6) is 5.75 Å². The molecule has 0 saturated carbocycles. The van der Waals surface area contributed by atoms with Crippen molar-refractivity contribution in [2.75, 3.05) is 17.3 Å². The molecule has 0 bridgehead atoms. The number of rotatable bonds is 5. The van der Waals surface area contributed by atoms with Crippen LogP contribution >= 0.6 is 0 Å². The number of anilines is 2. The van der Waals surface area contributed by atoms with E-state index in [4.69, 9.17) is 4.74 Å². The van der Waals surface area contributed by atoms with Gasteiger partial charge in [0.1, 0.15) is 5.75 Å². The summed E-state index contributed by atoms with van der Waals surface area (Å²) < 4.78 is 5.17. The SMILES string of the molecule is COc1cccc(NC(=O)NCc2ccc3c(c2)N(C(=O)c2ccccc2)[C@H](C)C3)c1. The van der Waals surface area contributed by atoms with Crippen LogP contribution in [0.15, 0.2) is 72.8 Å². The Labute approximate surface area is 181 Å². The molecule has 0 saturated heterocycles. The number of fused-ring (bicyclic) bond motifs is 1. The topological polar surface area (TPSA) is 70.7 Å². The molecule has 2 N–H and O–H groups in total. The summed E-state index contributed by atoms with van der Waals surface area (Å²) in [6.07, 6.45) is 0.817. The van der Waals surface area contributed by atoms with Crippen molar-refractivity contribution >= 4 is 23.3 Å². The third-order valence-corrected chi connectivity index (χ3v) is 5.39. The van der Waals surface area contributed by atoms with Crippen LogP contribution in [0.2, 0.25) is 0 Å². The maximum Gasteiger partial charge on any atom is 0.319 e. The molecule has 0 spiro atoms. The molecule has 3 aromatic rings. The van der Waals surface area contributed by atoms with Crippen molar-refractivity contribution in [3.63, 3.8) is 0 Å². The number of carbonyl (C=O) groups excluding carboxylic acids is 2. The highest BCUT2D eigenvalue weighted by Crippen LogP contribution is 2.34. The van der Waals surface area contributed by atoms with Gasteiger partial charge < -0.3 is 20.3 Å². The van der Waals surface area contributed by atoms with Crippen molar-refractivity contribution in [3.8, 4) is 5.75 Å². The highest BCUT2D eigenvalue weighted by atomic mass is 16.5. The Balaban J connectivity index is 1.45. The van der Waals surface area contributed by atoms with Crippen molar-refractivity contribution in [1.82, 2.24) is 5.32 Å². The van der Waals surface area contributed by atoms with E-state index in [1.165, 1.54) is 0 Å². The molecule has 0 aliphatic carbocycles. The van der Waals surface area contributed by atoms with E-state index < -0.39 is 0 Å². The Kier molecular flexibility index (Phi) is 5.89. The van der Waals surface area contributed by atoms with Gasteiger partial charge in [-0.25, -0.2) is 4.79 Å². The summed E-state index contributed by atoms with van der Waals surface area (Å²) >= 11 is 0. The Hall–Kier alpha value is -3.80. The molecular formula is C25H25N3O3. The number of methoxy groups -OCH3 is 1. The lowest BCUT2D eigenvalue weighted by Gasteiger charge is -2.23. The van der Waals surface area contributed by atoms with Crippen molar-refractivity contribution < 1.29 is 14.3 Å². The molecule has 0 aromatic heterocycles. The third-order valence-electron chi connectivity index (χ3n) is 5.39. The number of hydrogen-bond donors (Lipinski definition) is 2. The van der Waals surface area contributed by atoms with Gasteiger partial charge in [-0.15, -0.1) is 0 Å². The molecule has 158 valence electrons. The summed E-state index contributed by atoms with van der Waals surface area (Å²) in [6.45, 7) is 2.41. The summed E-state index contributed by atoms with van der Waals surface area (Å²) in [6, 6.07) is 22.3. The highest BCUT2D eigenvalue weighted by molar-refractivity contribution is 6.07. The van der Waals surface area contributed by atoms with Crippen molar-refractivity contribution in [1.29, 1.82) is 0 Å². The summed E-state index contributed by atoms with van der Waals surface area (Å²) in [7, 11) is 1.58. The first kappa shape index (κ1) is 20.5. The molecule has 3 aromatic carbocycles. The van der Waals surface area contributed by atoms with Crippen LogP contribution in [0, 0.1) is 0 Å². The van der Waals surface area contributed by atoms with Gasteiger partial charge in [0.15, 0.2) is 0 Å². The fourth-order valence-corrected chi connectivity index (χ4v) is 3.85. The quantitative estimate of drug-likeness (QED) is 0.639. The minimum Gasteiger partial charge on any atom is -0.497 e. The Morgan fingerprint density at radius 1 is 1.03 bits per heavy atom. The van der Waals surface area contributed by atoms with Crippen LogP contribution in [-0.2, 0) is 13.0 Å². The second-order valence-electron chi connectivity index (χ2n) is 7.60. The zero-order valence-electron chi connectivity index (χ0n) is 17.6. The van der Waals surface area contributed by atoms with Gasteiger partial charge in [-0.2, -0.15) is 0 Å². The zero-order valence-corrected chi connectivity index (χ0v) is 17.6. The van der Waals surface area contributed by atoms with Crippen molar-refractivity contribution in [2.24, 2.45) is 0 Å². The van der Waals surface area contributed by atoms with Gasteiger partial charge in [-0.05, 0) is 54.8 Å². The molecule has 1 atom stereocenters. The van der Waals surface area contributed by atoms with Crippen LogP contribution in [-0.4, -0.2) is 25.1 Å². The number of benzene rings is 3. The van der Waals surface area contributed by atoms with E-state index in [1.807, 2.05) is 65.6 Å². The third kappa shape index (κ3) is 4.53. The van der Waals surface area contributed by atoms with Gasteiger partial charge in [0, 0.05) is 35.6 Å². The van der Waals surface area contributed by atoms with Crippen molar-refractivity contribution in [2.45, 2.75) is 25.9 Å². The first-order valence-electron chi connectivity index (χ1n) is 10.2. The Morgan fingerprint density at radius 2 is 1.84 bits per heavy atom. The molecule has 0 unspecified atom stereocenters. The monoisotopic (exact) mass is 415 g/mol. The van der Waals surface area contributed by atoms with Gasteiger partial charge >= 0.3 is 6.03 Å². The van der Waals surface area contributed by atoms with Gasteiger partial charge in [0.05, 0.1) is 7.11 Å². The lowest BCUT2D eigenvalue weighted by Crippen LogP contribution is -2.35. The van der Waals surface area contributed by atoms with Gasteiger partial charge in [-0.3, -0.25) is 4.79 Å². The normalized spacial score (nSPS) is 14.6. The highest BCUT2D eigenvalue weighted by Gasteiger charge is 2.31. The molecule has 6 heteroatoms. The first-order valence-corrected chi connectivity index (χ1v) is 10.2. The van der Waals surface area contributed by atoms with Gasteiger partial charge in [-0.1, -0.05) is 36.4 Å². The van der Waals surface area contributed by atoms with Crippen LogP contribution in [0.1, 0.15) is 28.4 Å². The molecule has 0 radical (unpaired) electrons. The minimum absolute atomic E-state index is 0.00673. The number of nitrogens with one attached hydrogen (secondary N) is 2. The molecular weight excluding hydrogens is 390 g/mol. The standard InChI is InChI=1S/C25H25N3O3/c1-17-13-20-12-11-18(14-23(20)28(17)24(29)19-7-4-3-5-8-19)16-26-25(30)27-21-9-6-10-22(15-21)31-2/h3-12,14-15,17H,13,16H2,1-2H3,(H2,26,27,30)/t17-/m1/s1. The van der Waals surface area contributed by atoms with Crippen LogP contribution in [0.3, 0.4) is 0 Å². The van der Waals surface area contributed by atoms with Gasteiger partial charge in [0.2, 0.25) is 0 Å². The summed E-state index contributed by atoms with van der Waals surface area (Å²) in [5.41, 5.74) is 4.30. The molecule has 1 aliphatic heterocycles. The van der Waals surface area contributed by atoms with E-state index in [0.29, 0.717) is 23.5 Å². The molecule has 1 heterocycles. The van der Waals surface area contributed by atoms with E-state index in [1.54, 1.807) is 19.2 Å². The molecule has 4 rings (SSSR count). The number of amides is 3. The predicted molar refractivity (Wildman–Crippen MR) is 122 cm³/mol. The summed E-state index contributed by atoms with van der Waals surface area (Å²) in [5, 5.41) is 5.67. The van der Waals surface area contributed by atoms with E-state index >= 15 is 0 Å². The van der Waals surface area contributed by atoms with Crippen LogP contribution in [0.4, 0.5) is 16.2 Å². The minimum atomic E-state index is -0.306. The molecule has 0 fully saturated rings. The van der Waals surface area contributed by atoms with Gasteiger partial charge in [0.25, 0.3) is 5.91 Å². The fourth-order valence-electron chi connectivity index (χ4n) is 3.85. The maximum absolute atomic E-state index is 13.1. The average molecular weight is 415 g/mol. The Bertz CT molecular complexity index is 1100. The number of ether oxygens (including phenoxy) is 1. The van der Waals surface area contributed by atoms with E-state index in [9.17, 15) is 9.59 Å². The second-order valence-corrected chi connectivity index (χ2v) is 7.60. The first-order chi connectivity index (χ1) is 15.0. The lowest BCUT2D eigenvalue weighted by molar-refractivity contribution is 0.0981. The lowest BCUT2D eigenvalue weighted by atomic mass is 10.1. The maximum atomic E-state index is 13.1. The molecule has 6 nitrogen and oxygen atoms in total. The summed E-state index contributed by atoms with van der Waals surface area (Å²) in [4.78, 5) is 27.2. The second kappa shape index (κ2) is 8.92. The zero-order chi connectivity index (χ0) is 21.8. The van der Waals surface area contributed by atoms with Crippen LogP contribution < -0.4 is 20.3 Å². The number of nitrogens with zero attached hydrogens (tertiary/aromatic N) is 1. The fraction of sp³-hybridized carbons (Fsp3) is 0.200. The van der Waals surface area contributed by atoms with E-state index in [0.717, 1.165) is 23.2 Å². The van der Waals surface area contributed by atoms with Crippen molar-refractivity contribution in [3.05, 3.63) is 89.5 Å². The number of urea groups is 1. The largest absolute Gasteiger partial charge is 0.497 e.